The molecular weight excluding hydrogens is 415 g/mol. The van der Waals surface area contributed by atoms with Gasteiger partial charge in [-0.3, -0.25) is 0 Å². The number of aryl methyl sites for hydroxylation is 1. The molecule has 2 aromatic carbocycles. The summed E-state index contributed by atoms with van der Waals surface area (Å²) >= 11 is 18.4. The summed E-state index contributed by atoms with van der Waals surface area (Å²) in [4.78, 5) is 0. The van der Waals surface area contributed by atoms with Crippen molar-refractivity contribution in [1.82, 2.24) is 9.78 Å². The lowest BCUT2D eigenvalue weighted by molar-refractivity contribution is 0.594. The van der Waals surface area contributed by atoms with E-state index in [0.717, 1.165) is 5.69 Å². The van der Waals surface area contributed by atoms with Crippen molar-refractivity contribution in [2.75, 3.05) is 0 Å². The fourth-order valence-electron chi connectivity index (χ4n) is 2.58. The van der Waals surface area contributed by atoms with Gasteiger partial charge < -0.3 is 0 Å². The van der Waals surface area contributed by atoms with E-state index in [9.17, 15) is 8.42 Å². The summed E-state index contributed by atoms with van der Waals surface area (Å²) in [6.07, 6.45) is 0. The average molecular weight is 430 g/mol. The first-order chi connectivity index (χ1) is 12.3. The van der Waals surface area contributed by atoms with Gasteiger partial charge in [0.25, 0.3) is 0 Å². The van der Waals surface area contributed by atoms with Gasteiger partial charge in [-0.2, -0.15) is 5.10 Å². The van der Waals surface area contributed by atoms with Crippen LogP contribution >= 0.6 is 34.8 Å². The van der Waals surface area contributed by atoms with Crippen LogP contribution in [0.1, 0.15) is 16.8 Å². The van der Waals surface area contributed by atoms with Crippen molar-refractivity contribution < 1.29 is 8.42 Å². The van der Waals surface area contributed by atoms with Gasteiger partial charge in [-0.15, -0.1) is 0 Å². The molecular formula is C18H15Cl3N2O2S. The normalized spacial score (nSPS) is 11.7. The minimum absolute atomic E-state index is 0.199. The maximum atomic E-state index is 12.7. The zero-order valence-electron chi connectivity index (χ0n) is 13.8. The third kappa shape index (κ3) is 4.23. The smallest absolute Gasteiger partial charge is 0.158 e. The van der Waals surface area contributed by atoms with E-state index in [0.29, 0.717) is 32.0 Å². The lowest BCUT2D eigenvalue weighted by Crippen LogP contribution is -2.09. The van der Waals surface area contributed by atoms with E-state index in [4.69, 9.17) is 34.8 Å². The van der Waals surface area contributed by atoms with Crippen LogP contribution in [-0.4, -0.2) is 18.2 Å². The first-order valence-electron chi connectivity index (χ1n) is 7.70. The monoisotopic (exact) mass is 428 g/mol. The third-order valence-electron chi connectivity index (χ3n) is 3.88. The van der Waals surface area contributed by atoms with Crippen molar-refractivity contribution in [3.63, 3.8) is 0 Å². The molecule has 3 aromatic rings. The van der Waals surface area contributed by atoms with Crippen molar-refractivity contribution in [2.45, 2.75) is 18.4 Å². The van der Waals surface area contributed by atoms with Crippen molar-refractivity contribution in [2.24, 2.45) is 0 Å². The highest BCUT2D eigenvalue weighted by molar-refractivity contribution is 7.89. The quantitative estimate of drug-likeness (QED) is 0.556. The second-order valence-electron chi connectivity index (χ2n) is 5.87. The molecule has 0 radical (unpaired) electrons. The van der Waals surface area contributed by atoms with E-state index < -0.39 is 9.84 Å². The second kappa shape index (κ2) is 7.61. The number of rotatable bonds is 5. The van der Waals surface area contributed by atoms with Crippen LogP contribution in [0.4, 0.5) is 0 Å². The molecule has 4 nitrogen and oxygen atoms in total. The predicted octanol–water partition coefficient (Wildman–Crippen LogP) is 5.26. The van der Waals surface area contributed by atoms with Crippen molar-refractivity contribution in [1.29, 1.82) is 0 Å². The lowest BCUT2D eigenvalue weighted by atomic mass is 10.2. The Morgan fingerprint density at radius 3 is 2.35 bits per heavy atom. The molecule has 0 aliphatic rings. The summed E-state index contributed by atoms with van der Waals surface area (Å²) < 4.78 is 26.9. The van der Waals surface area contributed by atoms with Crippen LogP contribution < -0.4 is 0 Å². The molecule has 0 saturated carbocycles. The SMILES string of the molecule is Cc1nn(-c2ccccc2)c(Cl)c1CS(=O)(=O)Cc1ccc(Cl)cc1Cl. The second-order valence-corrected chi connectivity index (χ2v) is 9.14. The summed E-state index contributed by atoms with van der Waals surface area (Å²) in [6, 6.07) is 14.1. The summed E-state index contributed by atoms with van der Waals surface area (Å²) in [6.45, 7) is 1.74. The summed E-state index contributed by atoms with van der Waals surface area (Å²) in [7, 11) is -3.50. The van der Waals surface area contributed by atoms with Gasteiger partial charge in [0.15, 0.2) is 9.84 Å². The van der Waals surface area contributed by atoms with Crippen LogP contribution in [0, 0.1) is 6.92 Å². The number of aromatic nitrogens is 2. The van der Waals surface area contributed by atoms with Crippen LogP contribution in [0.15, 0.2) is 48.5 Å². The van der Waals surface area contributed by atoms with E-state index in [1.54, 1.807) is 19.1 Å². The van der Waals surface area contributed by atoms with Gasteiger partial charge in [0.1, 0.15) is 5.15 Å². The molecule has 3 rings (SSSR count). The number of nitrogens with zero attached hydrogens (tertiary/aromatic N) is 2. The van der Waals surface area contributed by atoms with Gasteiger partial charge in [-0.1, -0.05) is 59.1 Å². The highest BCUT2D eigenvalue weighted by atomic mass is 35.5. The van der Waals surface area contributed by atoms with E-state index in [1.807, 2.05) is 30.3 Å². The van der Waals surface area contributed by atoms with Gasteiger partial charge >= 0.3 is 0 Å². The Morgan fingerprint density at radius 2 is 1.69 bits per heavy atom. The number of benzene rings is 2. The molecule has 0 atom stereocenters. The zero-order valence-corrected chi connectivity index (χ0v) is 16.9. The Bertz CT molecular complexity index is 1050. The molecule has 1 aromatic heterocycles. The Kier molecular flexibility index (Phi) is 5.63. The molecule has 8 heteroatoms. The van der Waals surface area contributed by atoms with Gasteiger partial charge in [0, 0.05) is 15.6 Å². The van der Waals surface area contributed by atoms with Crippen LogP contribution in [0.3, 0.4) is 0 Å². The lowest BCUT2D eigenvalue weighted by Gasteiger charge is -2.07. The Balaban J connectivity index is 1.89. The molecule has 0 unspecified atom stereocenters. The number of hydrogen-bond acceptors (Lipinski definition) is 3. The predicted molar refractivity (Wildman–Crippen MR) is 106 cm³/mol. The number of sulfone groups is 1. The number of para-hydroxylation sites is 1. The Hall–Kier alpha value is -1.53. The molecule has 0 saturated heterocycles. The minimum Gasteiger partial charge on any atom is -0.228 e. The molecule has 136 valence electrons. The van der Waals surface area contributed by atoms with E-state index in [2.05, 4.69) is 5.10 Å². The number of halogens is 3. The van der Waals surface area contributed by atoms with E-state index in [1.165, 1.54) is 10.7 Å². The summed E-state index contributed by atoms with van der Waals surface area (Å²) in [5.41, 5.74) is 2.33. The van der Waals surface area contributed by atoms with E-state index >= 15 is 0 Å². The standard InChI is InChI=1S/C18H15Cl3N2O2S/c1-12-16(18(21)23(22-12)15-5-3-2-4-6-15)11-26(24,25)10-13-7-8-14(19)9-17(13)20/h2-9H,10-11H2,1H3. The van der Waals surface area contributed by atoms with Gasteiger partial charge in [-0.25, -0.2) is 13.1 Å². The Morgan fingerprint density at radius 1 is 1.00 bits per heavy atom. The molecule has 0 spiro atoms. The van der Waals surface area contributed by atoms with Gasteiger partial charge in [0.05, 0.1) is 22.9 Å². The maximum Gasteiger partial charge on any atom is 0.158 e. The van der Waals surface area contributed by atoms with Crippen LogP contribution in [0.5, 0.6) is 0 Å². The van der Waals surface area contributed by atoms with Gasteiger partial charge in [-0.05, 0) is 36.8 Å². The third-order valence-corrected chi connectivity index (χ3v) is 6.33. The van der Waals surface area contributed by atoms with Crippen LogP contribution in [-0.2, 0) is 21.3 Å². The first kappa shape index (κ1) is 19.2. The molecule has 0 N–H and O–H groups in total. The van der Waals surface area contributed by atoms with Crippen LogP contribution in [0.2, 0.25) is 15.2 Å². The summed E-state index contributed by atoms with van der Waals surface area (Å²) in [5, 5.41) is 5.45. The molecule has 0 aliphatic carbocycles. The molecule has 0 fully saturated rings. The maximum absolute atomic E-state index is 12.7. The van der Waals surface area contributed by atoms with E-state index in [-0.39, 0.29) is 11.5 Å². The fourth-order valence-corrected chi connectivity index (χ4v) is 5.17. The van der Waals surface area contributed by atoms with Crippen molar-refractivity contribution in [3.05, 3.63) is 80.6 Å². The van der Waals surface area contributed by atoms with Crippen molar-refractivity contribution in [3.8, 4) is 5.69 Å². The first-order valence-corrected chi connectivity index (χ1v) is 10.7. The number of hydrogen-bond donors (Lipinski definition) is 0. The highest BCUT2D eigenvalue weighted by Gasteiger charge is 2.22. The average Bonchev–Trinajstić information content (AvgIpc) is 2.86. The fraction of sp³-hybridized carbons (Fsp3) is 0.167. The molecule has 0 amide bonds. The van der Waals surface area contributed by atoms with Crippen LogP contribution in [0.25, 0.3) is 5.69 Å². The topological polar surface area (TPSA) is 52.0 Å². The summed E-state index contributed by atoms with van der Waals surface area (Å²) in [5.74, 6) is -0.418. The zero-order chi connectivity index (χ0) is 18.9. The van der Waals surface area contributed by atoms with Gasteiger partial charge in [0.2, 0.25) is 0 Å². The molecule has 26 heavy (non-hydrogen) atoms. The largest absolute Gasteiger partial charge is 0.228 e. The minimum atomic E-state index is -3.50. The molecule has 0 bridgehead atoms. The van der Waals surface area contributed by atoms with Crippen molar-refractivity contribution >= 4 is 44.6 Å². The Labute approximate surface area is 167 Å². The molecule has 0 aliphatic heterocycles. The highest BCUT2D eigenvalue weighted by Crippen LogP contribution is 2.28. The molecule has 1 heterocycles.